The Balaban J connectivity index is 2.14. The van der Waals surface area contributed by atoms with E-state index in [1.165, 1.54) is 70.6 Å². The van der Waals surface area contributed by atoms with Crippen LogP contribution in [-0.4, -0.2) is 18.2 Å². The van der Waals surface area contributed by atoms with E-state index in [0.717, 1.165) is 38.6 Å². The van der Waals surface area contributed by atoms with Crippen molar-refractivity contribution in [1.29, 1.82) is 0 Å². The van der Waals surface area contributed by atoms with Crippen molar-refractivity contribution in [3.05, 3.63) is 0 Å². The molecule has 0 radical (unpaired) electrons. The average molecular weight is 380 g/mol. The molecule has 158 valence electrons. The summed E-state index contributed by atoms with van der Waals surface area (Å²) in [6.07, 6.45) is 20.6. The second-order valence-electron chi connectivity index (χ2n) is 8.74. The number of nitrogens with one attached hydrogen (secondary N) is 1. The van der Waals surface area contributed by atoms with Crippen LogP contribution in [0.2, 0.25) is 0 Å². The first-order valence-corrected chi connectivity index (χ1v) is 11.9. The van der Waals surface area contributed by atoms with Crippen LogP contribution in [0.4, 0.5) is 0 Å². The van der Waals surface area contributed by atoms with Crippen molar-refractivity contribution in [3.63, 3.8) is 0 Å². The molecule has 0 bridgehead atoms. The minimum Gasteiger partial charge on any atom is -0.356 e. The zero-order chi connectivity index (χ0) is 19.7. The standard InChI is InChI=1S/C24H45NO2/c1-3-23(21(2)26)18-14-11-15-19-24(27)25-20-22-16-12-9-7-5-4-6-8-10-13-17-22/h22-23H,3-20H2,1-2H3,(H,25,27). The lowest BCUT2D eigenvalue weighted by Crippen LogP contribution is -2.29. The van der Waals surface area contributed by atoms with Gasteiger partial charge in [0.05, 0.1) is 0 Å². The first kappa shape index (κ1) is 24.2. The molecule has 0 aliphatic heterocycles. The van der Waals surface area contributed by atoms with Crippen LogP contribution in [-0.2, 0) is 9.59 Å². The smallest absolute Gasteiger partial charge is 0.220 e. The summed E-state index contributed by atoms with van der Waals surface area (Å²) < 4.78 is 0. The van der Waals surface area contributed by atoms with Gasteiger partial charge in [-0.25, -0.2) is 0 Å². The monoisotopic (exact) mass is 379 g/mol. The molecule has 3 nitrogen and oxygen atoms in total. The second kappa shape index (κ2) is 16.1. The van der Waals surface area contributed by atoms with E-state index in [2.05, 4.69) is 12.2 Å². The molecule has 3 heteroatoms. The maximum atomic E-state index is 12.2. The van der Waals surface area contributed by atoms with Crippen molar-refractivity contribution in [1.82, 2.24) is 5.32 Å². The summed E-state index contributed by atoms with van der Waals surface area (Å²) in [4.78, 5) is 23.6. The number of hydrogen-bond acceptors (Lipinski definition) is 2. The van der Waals surface area contributed by atoms with Crippen LogP contribution in [0.5, 0.6) is 0 Å². The lowest BCUT2D eigenvalue weighted by Gasteiger charge is -2.18. The molecule has 0 spiro atoms. The van der Waals surface area contributed by atoms with Crippen LogP contribution in [0.25, 0.3) is 0 Å². The van der Waals surface area contributed by atoms with E-state index in [-0.39, 0.29) is 11.8 Å². The number of hydrogen-bond donors (Lipinski definition) is 1. The molecule has 1 fully saturated rings. The van der Waals surface area contributed by atoms with Crippen molar-refractivity contribution >= 4 is 11.7 Å². The minimum atomic E-state index is 0.222. The molecule has 0 aromatic heterocycles. The lowest BCUT2D eigenvalue weighted by atomic mass is 9.92. The third kappa shape index (κ3) is 13.0. The van der Waals surface area contributed by atoms with Gasteiger partial charge in [-0.1, -0.05) is 77.6 Å². The highest BCUT2D eigenvalue weighted by atomic mass is 16.1. The third-order valence-electron chi connectivity index (χ3n) is 6.34. The van der Waals surface area contributed by atoms with E-state index >= 15 is 0 Å². The summed E-state index contributed by atoms with van der Waals surface area (Å²) in [5, 5.41) is 3.20. The molecule has 1 atom stereocenters. The largest absolute Gasteiger partial charge is 0.356 e. The van der Waals surface area contributed by atoms with Gasteiger partial charge in [0.15, 0.2) is 0 Å². The number of rotatable bonds is 10. The van der Waals surface area contributed by atoms with Crippen molar-refractivity contribution in [3.8, 4) is 0 Å². The molecular weight excluding hydrogens is 334 g/mol. The Kier molecular flexibility index (Phi) is 14.4. The Hall–Kier alpha value is -0.860. The number of carbonyl (C=O) groups is 2. The number of unbranched alkanes of at least 4 members (excludes halogenated alkanes) is 2. The highest BCUT2D eigenvalue weighted by Gasteiger charge is 2.13. The molecule has 1 amide bonds. The van der Waals surface area contributed by atoms with E-state index in [9.17, 15) is 9.59 Å². The molecule has 1 N–H and O–H groups in total. The van der Waals surface area contributed by atoms with Gasteiger partial charge in [-0.05, 0) is 44.9 Å². The van der Waals surface area contributed by atoms with Gasteiger partial charge in [-0.15, -0.1) is 0 Å². The van der Waals surface area contributed by atoms with Crippen LogP contribution in [0.3, 0.4) is 0 Å². The normalized spacial score (nSPS) is 18.9. The van der Waals surface area contributed by atoms with Gasteiger partial charge in [-0.2, -0.15) is 0 Å². The molecule has 0 aromatic rings. The SMILES string of the molecule is CCC(CCCCCC(=O)NCC1CCCCCCCCCCC1)C(C)=O. The Labute approximate surface area is 168 Å². The van der Waals surface area contributed by atoms with Gasteiger partial charge >= 0.3 is 0 Å². The van der Waals surface area contributed by atoms with Gasteiger partial charge in [0, 0.05) is 18.9 Å². The van der Waals surface area contributed by atoms with Crippen molar-refractivity contribution < 1.29 is 9.59 Å². The number of amides is 1. The number of carbonyl (C=O) groups excluding carboxylic acids is 2. The van der Waals surface area contributed by atoms with Crippen LogP contribution < -0.4 is 5.32 Å². The van der Waals surface area contributed by atoms with Crippen molar-refractivity contribution in [2.75, 3.05) is 6.54 Å². The summed E-state index contributed by atoms with van der Waals surface area (Å²) >= 11 is 0. The van der Waals surface area contributed by atoms with E-state index in [1.54, 1.807) is 6.92 Å². The topological polar surface area (TPSA) is 46.2 Å². The quantitative estimate of drug-likeness (QED) is 0.435. The van der Waals surface area contributed by atoms with Crippen LogP contribution in [0.1, 0.15) is 123 Å². The number of Topliss-reactive ketones (excluding diaryl/α,β-unsaturated/α-hetero) is 1. The van der Waals surface area contributed by atoms with E-state index in [4.69, 9.17) is 0 Å². The number of ketones is 1. The van der Waals surface area contributed by atoms with Gasteiger partial charge in [0.25, 0.3) is 0 Å². The molecule has 1 aliphatic rings. The zero-order valence-electron chi connectivity index (χ0n) is 18.2. The predicted molar refractivity (Wildman–Crippen MR) is 115 cm³/mol. The summed E-state index contributed by atoms with van der Waals surface area (Å²) in [5.41, 5.74) is 0. The second-order valence-corrected chi connectivity index (χ2v) is 8.74. The molecule has 1 aliphatic carbocycles. The third-order valence-corrected chi connectivity index (χ3v) is 6.34. The van der Waals surface area contributed by atoms with Gasteiger partial charge in [0.2, 0.25) is 5.91 Å². The fourth-order valence-electron chi connectivity index (χ4n) is 4.35. The Morgan fingerprint density at radius 3 is 1.93 bits per heavy atom. The summed E-state index contributed by atoms with van der Waals surface area (Å²) in [5.74, 6) is 1.43. The molecule has 1 rings (SSSR count). The molecule has 0 aromatic carbocycles. The predicted octanol–water partition coefficient (Wildman–Crippen LogP) is 6.59. The fourth-order valence-corrected chi connectivity index (χ4v) is 4.35. The molecule has 27 heavy (non-hydrogen) atoms. The Morgan fingerprint density at radius 1 is 0.852 bits per heavy atom. The zero-order valence-corrected chi connectivity index (χ0v) is 18.2. The minimum absolute atomic E-state index is 0.222. The van der Waals surface area contributed by atoms with E-state index in [0.29, 0.717) is 18.1 Å². The molecule has 1 unspecified atom stereocenters. The molecule has 0 heterocycles. The van der Waals surface area contributed by atoms with Crippen LogP contribution in [0.15, 0.2) is 0 Å². The van der Waals surface area contributed by atoms with Crippen LogP contribution in [0, 0.1) is 11.8 Å². The molecule has 0 saturated heterocycles. The summed E-state index contributed by atoms with van der Waals surface area (Å²) in [6.45, 7) is 4.66. The van der Waals surface area contributed by atoms with Crippen LogP contribution >= 0.6 is 0 Å². The maximum Gasteiger partial charge on any atom is 0.220 e. The van der Waals surface area contributed by atoms with E-state index in [1.807, 2.05) is 0 Å². The van der Waals surface area contributed by atoms with Crippen molar-refractivity contribution in [2.45, 2.75) is 123 Å². The van der Waals surface area contributed by atoms with Gasteiger partial charge in [-0.3, -0.25) is 9.59 Å². The first-order valence-electron chi connectivity index (χ1n) is 11.9. The Bertz CT molecular complexity index is 382. The molecular formula is C24H45NO2. The lowest BCUT2D eigenvalue weighted by molar-refractivity contribution is -0.122. The highest BCUT2D eigenvalue weighted by Crippen LogP contribution is 2.21. The first-order chi connectivity index (χ1) is 13.1. The molecule has 1 saturated carbocycles. The fraction of sp³-hybridized carbons (Fsp3) is 0.917. The van der Waals surface area contributed by atoms with Gasteiger partial charge in [0.1, 0.15) is 5.78 Å². The highest BCUT2D eigenvalue weighted by molar-refractivity contribution is 5.78. The Morgan fingerprint density at radius 2 is 1.41 bits per heavy atom. The summed E-state index contributed by atoms with van der Waals surface area (Å²) in [7, 11) is 0. The van der Waals surface area contributed by atoms with Crippen molar-refractivity contribution in [2.24, 2.45) is 11.8 Å². The summed E-state index contributed by atoms with van der Waals surface area (Å²) in [6, 6.07) is 0. The van der Waals surface area contributed by atoms with E-state index < -0.39 is 0 Å². The average Bonchev–Trinajstić information content (AvgIpc) is 2.64. The maximum absolute atomic E-state index is 12.2. The van der Waals surface area contributed by atoms with Gasteiger partial charge < -0.3 is 5.32 Å².